The Bertz CT molecular complexity index is 745. The van der Waals surface area contributed by atoms with Gasteiger partial charge in [0.1, 0.15) is 17.6 Å². The molecule has 2 aromatic heterocycles. The van der Waals surface area contributed by atoms with Crippen LogP contribution in [0.5, 0.6) is 0 Å². The third-order valence-electron chi connectivity index (χ3n) is 2.89. The van der Waals surface area contributed by atoms with Crippen LogP contribution in [-0.4, -0.2) is 36.9 Å². The first-order valence-electron chi connectivity index (χ1n) is 6.13. The van der Waals surface area contributed by atoms with Gasteiger partial charge in [-0.25, -0.2) is 4.68 Å². The number of aryl methyl sites for hydroxylation is 2. The first-order chi connectivity index (χ1) is 9.67. The van der Waals surface area contributed by atoms with E-state index in [1.165, 1.54) is 4.80 Å². The number of aromatic nitrogens is 6. The lowest BCUT2D eigenvalue weighted by Gasteiger charge is -2.00. The molecule has 0 aliphatic rings. The summed E-state index contributed by atoms with van der Waals surface area (Å²) in [5.74, 6) is 1.26. The largest absolute Gasteiger partial charge is 0.377 e. The van der Waals surface area contributed by atoms with Crippen molar-refractivity contribution in [3.63, 3.8) is 0 Å². The maximum absolute atomic E-state index is 5.07. The number of rotatable bonds is 4. The average Bonchev–Trinajstić information content (AvgIpc) is 2.94. The van der Waals surface area contributed by atoms with Gasteiger partial charge < -0.3 is 10.1 Å². The van der Waals surface area contributed by atoms with Gasteiger partial charge in [0.05, 0.1) is 5.69 Å². The Labute approximate surface area is 115 Å². The second-order valence-electron chi connectivity index (χ2n) is 4.40. The van der Waals surface area contributed by atoms with Gasteiger partial charge >= 0.3 is 0 Å². The molecule has 0 fully saturated rings. The lowest BCUT2D eigenvalue weighted by Crippen LogP contribution is -2.00. The summed E-state index contributed by atoms with van der Waals surface area (Å²) < 4.78 is 6.75. The lowest BCUT2D eigenvalue weighted by molar-refractivity contribution is 0.174. The highest BCUT2D eigenvalue weighted by molar-refractivity contribution is 5.88. The highest BCUT2D eigenvalue weighted by atomic mass is 16.5. The summed E-state index contributed by atoms with van der Waals surface area (Å²) >= 11 is 0. The maximum Gasteiger partial charge on any atom is 0.246 e. The second-order valence-corrected chi connectivity index (χ2v) is 4.40. The summed E-state index contributed by atoms with van der Waals surface area (Å²) in [6, 6.07) is 5.75. The number of methoxy groups -OCH3 is 1. The monoisotopic (exact) mass is 273 g/mol. The van der Waals surface area contributed by atoms with Crippen molar-refractivity contribution >= 4 is 22.7 Å². The molecule has 104 valence electrons. The third kappa shape index (κ3) is 2.21. The van der Waals surface area contributed by atoms with Crippen molar-refractivity contribution in [2.45, 2.75) is 6.61 Å². The maximum atomic E-state index is 5.07. The van der Waals surface area contributed by atoms with Gasteiger partial charge in [-0.1, -0.05) is 6.07 Å². The van der Waals surface area contributed by atoms with E-state index in [0.717, 1.165) is 22.5 Å². The van der Waals surface area contributed by atoms with Crippen molar-refractivity contribution in [1.29, 1.82) is 0 Å². The summed E-state index contributed by atoms with van der Waals surface area (Å²) in [6.07, 6.45) is 0. The molecule has 0 bridgehead atoms. The molecule has 3 rings (SSSR count). The van der Waals surface area contributed by atoms with E-state index in [-0.39, 0.29) is 0 Å². The number of hydrogen-bond acceptors (Lipinski definition) is 6. The van der Waals surface area contributed by atoms with Gasteiger partial charge in [0.25, 0.3) is 0 Å². The minimum atomic E-state index is 0.417. The summed E-state index contributed by atoms with van der Waals surface area (Å²) in [5, 5.41) is 16.1. The van der Waals surface area contributed by atoms with Crippen LogP contribution in [0.3, 0.4) is 0 Å². The molecular weight excluding hydrogens is 258 g/mol. The smallest absolute Gasteiger partial charge is 0.246 e. The summed E-state index contributed by atoms with van der Waals surface area (Å²) in [4.78, 5) is 5.91. The van der Waals surface area contributed by atoms with Crippen LogP contribution in [0.2, 0.25) is 0 Å². The second kappa shape index (κ2) is 4.89. The van der Waals surface area contributed by atoms with Gasteiger partial charge in [-0.05, 0) is 12.1 Å². The molecule has 2 heterocycles. The molecule has 20 heavy (non-hydrogen) atoms. The van der Waals surface area contributed by atoms with Crippen LogP contribution in [0.4, 0.5) is 11.6 Å². The molecule has 0 atom stereocenters. The van der Waals surface area contributed by atoms with Gasteiger partial charge in [-0.3, -0.25) is 0 Å². The van der Waals surface area contributed by atoms with Crippen molar-refractivity contribution in [2.24, 2.45) is 14.1 Å². The fraction of sp³-hybridized carbons (Fsp3) is 0.333. The third-order valence-corrected chi connectivity index (χ3v) is 2.89. The molecule has 0 aliphatic carbocycles. The Morgan fingerprint density at radius 3 is 2.85 bits per heavy atom. The number of anilines is 2. The topological polar surface area (TPSA) is 82.7 Å². The van der Waals surface area contributed by atoms with Crippen LogP contribution in [0.1, 0.15) is 5.82 Å². The molecule has 0 saturated heterocycles. The number of nitrogens with one attached hydrogen (secondary N) is 1. The Morgan fingerprint density at radius 1 is 1.20 bits per heavy atom. The fourth-order valence-corrected chi connectivity index (χ4v) is 1.99. The van der Waals surface area contributed by atoms with E-state index in [2.05, 4.69) is 25.6 Å². The van der Waals surface area contributed by atoms with E-state index in [0.29, 0.717) is 12.6 Å². The molecule has 8 nitrogen and oxygen atoms in total. The first kappa shape index (κ1) is 12.5. The van der Waals surface area contributed by atoms with E-state index in [4.69, 9.17) is 4.74 Å². The van der Waals surface area contributed by atoms with E-state index < -0.39 is 0 Å². The Balaban J connectivity index is 1.94. The predicted molar refractivity (Wildman–Crippen MR) is 73.5 cm³/mol. The van der Waals surface area contributed by atoms with Gasteiger partial charge in [0, 0.05) is 21.2 Å². The molecule has 0 saturated carbocycles. The van der Waals surface area contributed by atoms with Gasteiger partial charge in [0.15, 0.2) is 5.82 Å². The van der Waals surface area contributed by atoms with E-state index in [9.17, 15) is 0 Å². The molecule has 0 aliphatic heterocycles. The molecule has 1 aromatic carbocycles. The van der Waals surface area contributed by atoms with Crippen molar-refractivity contribution in [1.82, 2.24) is 29.8 Å². The van der Waals surface area contributed by atoms with Gasteiger partial charge in [0.2, 0.25) is 5.95 Å². The molecule has 0 radical (unpaired) electrons. The number of ether oxygens (including phenoxy) is 1. The molecule has 0 spiro atoms. The van der Waals surface area contributed by atoms with Crippen LogP contribution >= 0.6 is 0 Å². The summed E-state index contributed by atoms with van der Waals surface area (Å²) in [5.41, 5.74) is 2.44. The van der Waals surface area contributed by atoms with Crippen LogP contribution in [0.15, 0.2) is 18.2 Å². The highest BCUT2D eigenvalue weighted by Crippen LogP contribution is 2.22. The molecular formula is C12H15N7O. The minimum Gasteiger partial charge on any atom is -0.377 e. The molecule has 3 aromatic rings. The minimum absolute atomic E-state index is 0.417. The zero-order chi connectivity index (χ0) is 14.1. The van der Waals surface area contributed by atoms with Crippen LogP contribution < -0.4 is 5.32 Å². The van der Waals surface area contributed by atoms with Crippen molar-refractivity contribution in [2.75, 3.05) is 12.4 Å². The fourth-order valence-electron chi connectivity index (χ4n) is 1.99. The number of fused-ring (bicyclic) bond motifs is 1. The predicted octanol–water partition coefficient (Wildman–Crippen LogP) is 0.987. The van der Waals surface area contributed by atoms with Crippen molar-refractivity contribution < 1.29 is 4.74 Å². The molecule has 0 unspecified atom stereocenters. The molecule has 0 amide bonds. The Hall–Kier alpha value is -2.48. The number of nitrogens with zero attached hydrogens (tertiary/aromatic N) is 6. The van der Waals surface area contributed by atoms with Gasteiger partial charge in [-0.15, -0.1) is 5.10 Å². The van der Waals surface area contributed by atoms with Crippen molar-refractivity contribution in [3.8, 4) is 0 Å². The number of benzene rings is 1. The summed E-state index contributed by atoms with van der Waals surface area (Å²) in [7, 11) is 5.25. The Morgan fingerprint density at radius 2 is 2.05 bits per heavy atom. The molecule has 8 heteroatoms. The van der Waals surface area contributed by atoms with Crippen LogP contribution in [0.25, 0.3) is 11.0 Å². The van der Waals surface area contributed by atoms with E-state index >= 15 is 0 Å². The van der Waals surface area contributed by atoms with E-state index in [1.54, 1.807) is 18.8 Å². The van der Waals surface area contributed by atoms with E-state index in [1.807, 2.05) is 25.2 Å². The van der Waals surface area contributed by atoms with Gasteiger partial charge in [-0.2, -0.15) is 20.0 Å². The van der Waals surface area contributed by atoms with Crippen LogP contribution in [-0.2, 0) is 25.4 Å². The number of hydrogen-bond donors (Lipinski definition) is 1. The SMILES string of the molecule is COCc1nc(Nc2cccc3nn(C)nc23)nn1C. The zero-order valence-electron chi connectivity index (χ0n) is 11.5. The van der Waals surface area contributed by atoms with Crippen molar-refractivity contribution in [3.05, 3.63) is 24.0 Å². The quantitative estimate of drug-likeness (QED) is 0.763. The lowest BCUT2D eigenvalue weighted by atomic mass is 10.2. The van der Waals surface area contributed by atoms with Crippen LogP contribution in [0, 0.1) is 0 Å². The highest BCUT2D eigenvalue weighted by Gasteiger charge is 2.10. The summed E-state index contributed by atoms with van der Waals surface area (Å²) in [6.45, 7) is 0.417. The first-order valence-corrected chi connectivity index (χ1v) is 6.13. The normalized spacial score (nSPS) is 11.2. The average molecular weight is 273 g/mol. The zero-order valence-corrected chi connectivity index (χ0v) is 11.5. The Kier molecular flexibility index (Phi) is 3.07. The standard InChI is InChI=1S/C12H15N7O/c1-18-10(7-20-3)14-12(17-18)13-8-5-4-6-9-11(8)16-19(2)15-9/h4-6H,7H2,1-3H3,(H,13,17). The molecule has 1 N–H and O–H groups in total.